The van der Waals surface area contributed by atoms with Gasteiger partial charge in [-0.05, 0) is 75.2 Å². The third-order valence-corrected chi connectivity index (χ3v) is 5.61. The van der Waals surface area contributed by atoms with Gasteiger partial charge in [0.15, 0.2) is 0 Å². The number of fused-ring (bicyclic) bond motifs is 1. The molecule has 0 aliphatic rings. The topological polar surface area (TPSA) is 74.2 Å². The van der Waals surface area contributed by atoms with Crippen molar-refractivity contribution in [1.82, 2.24) is 15.2 Å². The zero-order valence-electron chi connectivity index (χ0n) is 18.5. The number of amides is 1. The number of carbonyl (C=O) groups excluding carboxylic acids is 1. The molecule has 0 unspecified atom stereocenters. The summed E-state index contributed by atoms with van der Waals surface area (Å²) in [6.45, 7) is 7.21. The van der Waals surface area contributed by atoms with Gasteiger partial charge in [-0.1, -0.05) is 24.3 Å². The maximum absolute atomic E-state index is 12.5. The molecule has 1 heterocycles. The highest BCUT2D eigenvalue weighted by molar-refractivity contribution is 5.99. The molecule has 1 amide bonds. The van der Waals surface area contributed by atoms with Crippen molar-refractivity contribution in [2.45, 2.75) is 33.2 Å². The summed E-state index contributed by atoms with van der Waals surface area (Å²) in [6.07, 6.45) is 2.15. The first-order valence-corrected chi connectivity index (χ1v) is 10.3. The third-order valence-electron chi connectivity index (χ3n) is 5.61. The number of hydrogen-bond donors (Lipinski definition) is 3. The van der Waals surface area contributed by atoms with Crippen molar-refractivity contribution in [3.63, 3.8) is 0 Å². The summed E-state index contributed by atoms with van der Waals surface area (Å²) >= 11 is 0. The fourth-order valence-corrected chi connectivity index (χ4v) is 3.57. The Hall–Kier alpha value is -2.05. The Labute approximate surface area is 197 Å². The Morgan fingerprint density at radius 2 is 1.71 bits per heavy atom. The summed E-state index contributed by atoms with van der Waals surface area (Å²) in [5.41, 5.74) is 12.3. The Morgan fingerprint density at radius 3 is 2.39 bits per heavy atom. The maximum Gasteiger partial charge on any atom is 0.251 e. The number of rotatable bonds is 9. The zero-order valence-corrected chi connectivity index (χ0v) is 20.2. The molecule has 0 radical (unpaired) electrons. The zero-order chi connectivity index (χ0) is 20.8. The highest BCUT2D eigenvalue weighted by Gasteiger charge is 2.10. The molecule has 31 heavy (non-hydrogen) atoms. The van der Waals surface area contributed by atoms with Gasteiger partial charge < -0.3 is 20.9 Å². The van der Waals surface area contributed by atoms with Crippen LogP contribution in [0.25, 0.3) is 10.9 Å². The van der Waals surface area contributed by atoms with Gasteiger partial charge in [0.2, 0.25) is 0 Å². The molecular formula is C24H34Cl2N4O. The van der Waals surface area contributed by atoms with Crippen molar-refractivity contribution >= 4 is 41.6 Å². The van der Waals surface area contributed by atoms with Crippen LogP contribution in [0, 0.1) is 13.8 Å². The Morgan fingerprint density at radius 1 is 1.03 bits per heavy atom. The first-order valence-electron chi connectivity index (χ1n) is 10.3. The Balaban J connectivity index is 0.00000240. The summed E-state index contributed by atoms with van der Waals surface area (Å²) in [7, 11) is 2.10. The molecule has 0 aliphatic heterocycles. The van der Waals surface area contributed by atoms with E-state index in [2.05, 4.69) is 60.4 Å². The van der Waals surface area contributed by atoms with Gasteiger partial charge in [0.25, 0.3) is 5.91 Å². The standard InChI is InChI=1S/C24H32N4O.2ClH/c1-17-18(2)27-23-11-10-21(15-22(17)23)24(29)26-12-14-28(3)13-4-5-19-6-8-20(16-25)9-7-19;;/h6-11,15,27H,4-5,12-14,16,25H2,1-3H3,(H,26,29);2*1H. The number of aromatic nitrogens is 1. The molecule has 7 heteroatoms. The summed E-state index contributed by atoms with van der Waals surface area (Å²) in [4.78, 5) is 18.1. The number of halogens is 2. The van der Waals surface area contributed by atoms with Gasteiger partial charge in [-0.15, -0.1) is 24.8 Å². The van der Waals surface area contributed by atoms with E-state index in [0.29, 0.717) is 18.7 Å². The minimum atomic E-state index is -0.0152. The van der Waals surface area contributed by atoms with Crippen LogP contribution in [-0.4, -0.2) is 42.5 Å². The van der Waals surface area contributed by atoms with Crippen molar-refractivity contribution in [2.24, 2.45) is 5.73 Å². The quantitative estimate of drug-likeness (QED) is 0.439. The van der Waals surface area contributed by atoms with E-state index in [1.165, 1.54) is 16.7 Å². The van der Waals surface area contributed by atoms with Gasteiger partial charge >= 0.3 is 0 Å². The molecule has 0 saturated heterocycles. The molecule has 4 N–H and O–H groups in total. The predicted octanol–water partition coefficient (Wildman–Crippen LogP) is 4.38. The van der Waals surface area contributed by atoms with Crippen molar-refractivity contribution < 1.29 is 4.79 Å². The van der Waals surface area contributed by atoms with E-state index in [1.807, 2.05) is 18.2 Å². The van der Waals surface area contributed by atoms with Crippen molar-refractivity contribution in [2.75, 3.05) is 26.7 Å². The van der Waals surface area contributed by atoms with E-state index in [-0.39, 0.29) is 30.7 Å². The normalized spacial score (nSPS) is 10.6. The van der Waals surface area contributed by atoms with Gasteiger partial charge in [-0.2, -0.15) is 0 Å². The number of H-pyrrole nitrogens is 1. The van der Waals surface area contributed by atoms with Gasteiger partial charge in [0, 0.05) is 41.8 Å². The molecule has 0 saturated carbocycles. The molecular weight excluding hydrogens is 431 g/mol. The van der Waals surface area contributed by atoms with Crippen LogP contribution in [0.15, 0.2) is 42.5 Å². The average Bonchev–Trinajstić information content (AvgIpc) is 3.01. The number of nitrogens with zero attached hydrogens (tertiary/aromatic N) is 1. The Bertz CT molecular complexity index is 970. The van der Waals surface area contributed by atoms with Gasteiger partial charge in [-0.25, -0.2) is 0 Å². The van der Waals surface area contributed by atoms with Crippen molar-refractivity contribution in [3.05, 3.63) is 70.4 Å². The van der Waals surface area contributed by atoms with E-state index in [0.717, 1.165) is 42.5 Å². The fourth-order valence-electron chi connectivity index (χ4n) is 3.57. The first-order chi connectivity index (χ1) is 14.0. The maximum atomic E-state index is 12.5. The summed E-state index contributed by atoms with van der Waals surface area (Å²) < 4.78 is 0. The lowest BCUT2D eigenvalue weighted by Gasteiger charge is -2.17. The monoisotopic (exact) mass is 464 g/mol. The number of likely N-dealkylation sites (N-methyl/N-ethyl adjacent to an activating group) is 1. The molecule has 170 valence electrons. The highest BCUT2D eigenvalue weighted by Crippen LogP contribution is 2.22. The van der Waals surface area contributed by atoms with E-state index in [9.17, 15) is 4.79 Å². The summed E-state index contributed by atoms with van der Waals surface area (Å²) in [5.74, 6) is -0.0152. The minimum absolute atomic E-state index is 0. The van der Waals surface area contributed by atoms with Crippen LogP contribution < -0.4 is 11.1 Å². The molecule has 0 aliphatic carbocycles. The third kappa shape index (κ3) is 7.25. The van der Waals surface area contributed by atoms with E-state index in [4.69, 9.17) is 5.73 Å². The fraction of sp³-hybridized carbons (Fsp3) is 0.375. The molecule has 1 aromatic heterocycles. The predicted molar refractivity (Wildman–Crippen MR) is 135 cm³/mol. The molecule has 0 spiro atoms. The molecule has 0 fully saturated rings. The van der Waals surface area contributed by atoms with E-state index in [1.54, 1.807) is 0 Å². The number of benzene rings is 2. The number of aryl methyl sites for hydroxylation is 3. The smallest absolute Gasteiger partial charge is 0.251 e. The van der Waals surface area contributed by atoms with E-state index < -0.39 is 0 Å². The lowest BCUT2D eigenvalue weighted by atomic mass is 10.1. The number of nitrogens with two attached hydrogens (primary N) is 1. The van der Waals surface area contributed by atoms with Gasteiger partial charge in [-0.3, -0.25) is 4.79 Å². The number of hydrogen-bond acceptors (Lipinski definition) is 3. The van der Waals surface area contributed by atoms with Crippen LogP contribution in [0.1, 0.15) is 39.2 Å². The summed E-state index contributed by atoms with van der Waals surface area (Å²) in [6, 6.07) is 14.4. The van der Waals surface area contributed by atoms with E-state index >= 15 is 0 Å². The molecule has 2 aromatic carbocycles. The molecule has 5 nitrogen and oxygen atoms in total. The average molecular weight is 465 g/mol. The van der Waals surface area contributed by atoms with Crippen LogP contribution in [0.4, 0.5) is 0 Å². The van der Waals surface area contributed by atoms with Crippen molar-refractivity contribution in [1.29, 1.82) is 0 Å². The second-order valence-electron chi connectivity index (χ2n) is 7.82. The molecule has 0 atom stereocenters. The Kier molecular flexibility index (Phi) is 11.1. The number of aromatic amines is 1. The van der Waals surface area contributed by atoms with Crippen LogP contribution in [0.5, 0.6) is 0 Å². The van der Waals surface area contributed by atoms with Gasteiger partial charge in [0.05, 0.1) is 0 Å². The molecule has 0 bridgehead atoms. The first kappa shape index (κ1) is 27.0. The molecule has 3 rings (SSSR count). The van der Waals surface area contributed by atoms with Crippen LogP contribution in [0.2, 0.25) is 0 Å². The molecule has 3 aromatic rings. The second kappa shape index (κ2) is 12.7. The van der Waals surface area contributed by atoms with Gasteiger partial charge in [0.1, 0.15) is 0 Å². The van der Waals surface area contributed by atoms with Crippen molar-refractivity contribution in [3.8, 4) is 0 Å². The lowest BCUT2D eigenvalue weighted by Crippen LogP contribution is -2.33. The lowest BCUT2D eigenvalue weighted by molar-refractivity contribution is 0.0950. The second-order valence-corrected chi connectivity index (χ2v) is 7.82. The largest absolute Gasteiger partial charge is 0.358 e. The highest BCUT2D eigenvalue weighted by atomic mass is 35.5. The SMILES string of the molecule is Cc1[nH]c2ccc(C(=O)NCCN(C)CCCc3ccc(CN)cc3)cc2c1C.Cl.Cl. The number of nitrogens with one attached hydrogen (secondary N) is 2. The van der Waals surface area contributed by atoms with Crippen LogP contribution >= 0.6 is 24.8 Å². The number of carbonyl (C=O) groups is 1. The van der Waals surface area contributed by atoms with Crippen LogP contribution in [-0.2, 0) is 13.0 Å². The summed E-state index contributed by atoms with van der Waals surface area (Å²) in [5, 5.41) is 4.16. The minimum Gasteiger partial charge on any atom is -0.358 e. The van der Waals surface area contributed by atoms with Crippen LogP contribution in [0.3, 0.4) is 0 Å².